The SMILES string of the molecule is CC.CCCCn1c(-c2ccccc2)c(C)cc(C=O)c1=O.CN[C@H]1CCN(c2ccc3ncc(C)n3n2)C1.Fc1ccccc1. The Morgan fingerprint density at radius 1 is 1.00 bits per heavy atom. The number of imidazole rings is 1. The Bertz CT molecular complexity index is 1700. The Hall–Kier alpha value is -4.63. The molecular weight excluding hydrogens is 579 g/mol. The van der Waals surface area contributed by atoms with E-state index in [1.54, 1.807) is 28.8 Å². The summed E-state index contributed by atoms with van der Waals surface area (Å²) in [7, 11) is 2.02. The number of halogens is 1. The second kappa shape index (κ2) is 18.4. The number of aryl methyl sites for hydroxylation is 2. The van der Waals surface area contributed by atoms with Gasteiger partial charge in [-0.3, -0.25) is 9.59 Å². The van der Waals surface area contributed by atoms with Gasteiger partial charge in [0.1, 0.15) is 11.6 Å². The lowest BCUT2D eigenvalue weighted by Gasteiger charge is -2.17. The molecule has 0 radical (unpaired) electrons. The summed E-state index contributed by atoms with van der Waals surface area (Å²) in [4.78, 5) is 30.0. The fraction of sp³-hybridized carbons (Fsp3) is 0.351. The molecule has 1 aliphatic heterocycles. The highest BCUT2D eigenvalue weighted by molar-refractivity contribution is 5.76. The number of likely N-dealkylation sites (N-methyl/N-ethyl adjacent to an activating group) is 1. The Kier molecular flexibility index (Phi) is 14.3. The molecule has 8 nitrogen and oxygen atoms in total. The maximum atomic E-state index is 12.4. The zero-order chi connectivity index (χ0) is 33.5. The molecule has 1 saturated heterocycles. The summed E-state index contributed by atoms with van der Waals surface area (Å²) in [5, 5.41) is 7.96. The fourth-order valence-corrected chi connectivity index (χ4v) is 5.19. The molecule has 9 heteroatoms. The number of rotatable bonds is 7. The van der Waals surface area contributed by atoms with E-state index < -0.39 is 0 Å². The maximum Gasteiger partial charge on any atom is 0.261 e. The standard InChI is InChI=1S/C17H19NO2.C12H17N5.C6H5F.C2H6/c1-3-4-10-18-16(14-8-6-5-7-9-14)13(2)11-15(12-19)17(18)20;1-9-7-14-11-3-4-12(15-17(9)11)16-6-5-10(8-16)13-2;7-6-4-2-1-3-5-6;1-2/h5-9,11-12H,3-4,10H2,1-2H3;3-4,7,10,13H,5-6,8H2,1-2H3;1-5H;1-2H3/t;10-;;/m.0../s1. The van der Waals surface area contributed by atoms with Crippen molar-refractivity contribution < 1.29 is 9.18 Å². The van der Waals surface area contributed by atoms with Crippen molar-refractivity contribution in [3.63, 3.8) is 0 Å². The van der Waals surface area contributed by atoms with Crippen molar-refractivity contribution in [1.82, 2.24) is 24.5 Å². The molecule has 1 atom stereocenters. The van der Waals surface area contributed by atoms with E-state index in [-0.39, 0.29) is 16.9 Å². The topological polar surface area (TPSA) is 84.5 Å². The van der Waals surface area contributed by atoms with Gasteiger partial charge in [0, 0.05) is 25.7 Å². The molecule has 0 bridgehead atoms. The van der Waals surface area contributed by atoms with Gasteiger partial charge >= 0.3 is 0 Å². The first-order chi connectivity index (χ1) is 22.4. The summed E-state index contributed by atoms with van der Waals surface area (Å²) in [5.41, 5.74) is 4.90. The molecule has 0 unspecified atom stereocenters. The van der Waals surface area contributed by atoms with Crippen LogP contribution < -0.4 is 15.8 Å². The summed E-state index contributed by atoms with van der Waals surface area (Å²) in [5.74, 6) is 0.860. The zero-order valence-electron chi connectivity index (χ0n) is 27.9. The van der Waals surface area contributed by atoms with E-state index in [2.05, 4.69) is 33.3 Å². The van der Waals surface area contributed by atoms with Crippen molar-refractivity contribution in [3.05, 3.63) is 118 Å². The normalized spacial score (nSPS) is 13.5. The first-order valence-corrected chi connectivity index (χ1v) is 16.0. The number of fused-ring (bicyclic) bond motifs is 1. The number of nitrogens with zero attached hydrogens (tertiary/aromatic N) is 5. The van der Waals surface area contributed by atoms with Crippen LogP contribution in [-0.2, 0) is 6.54 Å². The van der Waals surface area contributed by atoms with Gasteiger partial charge in [0.25, 0.3) is 5.56 Å². The van der Waals surface area contributed by atoms with E-state index in [9.17, 15) is 14.0 Å². The minimum Gasteiger partial charge on any atom is -0.354 e. The van der Waals surface area contributed by atoms with Crippen molar-refractivity contribution >= 4 is 17.8 Å². The molecule has 5 aromatic rings. The molecule has 1 N–H and O–H groups in total. The monoisotopic (exact) mass is 626 g/mol. The number of hydrogen-bond donors (Lipinski definition) is 1. The van der Waals surface area contributed by atoms with E-state index in [1.807, 2.05) is 81.9 Å². The molecule has 2 aromatic carbocycles. The number of anilines is 1. The molecule has 244 valence electrons. The number of hydrogen-bond acceptors (Lipinski definition) is 6. The summed E-state index contributed by atoms with van der Waals surface area (Å²) < 4.78 is 15.5. The Morgan fingerprint density at radius 3 is 2.24 bits per heavy atom. The van der Waals surface area contributed by atoms with Gasteiger partial charge in [-0.1, -0.05) is 75.7 Å². The predicted octanol–water partition coefficient (Wildman–Crippen LogP) is 7.12. The minimum absolute atomic E-state index is 0.178. The largest absolute Gasteiger partial charge is 0.354 e. The van der Waals surface area contributed by atoms with Crippen LogP contribution in [0.2, 0.25) is 0 Å². The third-order valence-electron chi connectivity index (χ3n) is 7.59. The third-order valence-corrected chi connectivity index (χ3v) is 7.59. The van der Waals surface area contributed by atoms with Crippen LogP contribution in [0, 0.1) is 19.7 Å². The number of carbonyl (C=O) groups is 1. The Balaban J connectivity index is 0.000000200. The number of unbranched alkanes of at least 4 members (excludes halogenated alkanes) is 1. The van der Waals surface area contributed by atoms with E-state index in [4.69, 9.17) is 0 Å². The van der Waals surface area contributed by atoms with Crippen molar-refractivity contribution in [1.29, 1.82) is 0 Å². The highest BCUT2D eigenvalue weighted by Crippen LogP contribution is 2.23. The molecule has 0 spiro atoms. The van der Waals surface area contributed by atoms with E-state index in [0.29, 0.717) is 18.9 Å². The van der Waals surface area contributed by atoms with Crippen molar-refractivity contribution in [2.45, 2.75) is 66.5 Å². The van der Waals surface area contributed by atoms with Crippen molar-refractivity contribution in [2.75, 3.05) is 25.0 Å². The van der Waals surface area contributed by atoms with Crippen molar-refractivity contribution in [2.24, 2.45) is 0 Å². The molecule has 6 rings (SSSR count). The number of pyridine rings is 1. The van der Waals surface area contributed by atoms with E-state index in [0.717, 1.165) is 59.9 Å². The van der Waals surface area contributed by atoms with Gasteiger partial charge in [-0.15, -0.1) is 5.10 Å². The maximum absolute atomic E-state index is 12.4. The van der Waals surface area contributed by atoms with Gasteiger partial charge in [0.05, 0.1) is 23.1 Å². The van der Waals surface area contributed by atoms with Gasteiger partial charge in [-0.25, -0.2) is 13.9 Å². The smallest absolute Gasteiger partial charge is 0.261 e. The minimum atomic E-state index is -0.196. The number of aldehydes is 1. The quantitative estimate of drug-likeness (QED) is 0.194. The van der Waals surface area contributed by atoms with Gasteiger partial charge in [0.2, 0.25) is 0 Å². The van der Waals surface area contributed by atoms with E-state index in [1.165, 1.54) is 18.6 Å². The Labute approximate surface area is 271 Å². The van der Waals surface area contributed by atoms with Crippen LogP contribution in [-0.4, -0.2) is 51.6 Å². The van der Waals surface area contributed by atoms with Crippen LogP contribution in [0.25, 0.3) is 16.9 Å². The third kappa shape index (κ3) is 9.44. The summed E-state index contributed by atoms with van der Waals surface area (Å²) >= 11 is 0. The number of carbonyl (C=O) groups excluding carboxylic acids is 1. The lowest BCUT2D eigenvalue weighted by molar-refractivity contribution is 0.112. The molecule has 1 aliphatic rings. The highest BCUT2D eigenvalue weighted by Gasteiger charge is 2.22. The molecule has 1 fully saturated rings. The lowest BCUT2D eigenvalue weighted by atomic mass is 10.0. The predicted molar refractivity (Wildman–Crippen MR) is 186 cm³/mol. The van der Waals surface area contributed by atoms with Crippen LogP contribution in [0.15, 0.2) is 89.9 Å². The fourth-order valence-electron chi connectivity index (χ4n) is 5.19. The van der Waals surface area contributed by atoms with Crippen LogP contribution in [0.4, 0.5) is 10.2 Å². The average molecular weight is 627 g/mol. The van der Waals surface area contributed by atoms with Crippen LogP contribution in [0.5, 0.6) is 0 Å². The zero-order valence-corrected chi connectivity index (χ0v) is 27.9. The van der Waals surface area contributed by atoms with Crippen LogP contribution in [0.3, 0.4) is 0 Å². The van der Waals surface area contributed by atoms with Crippen molar-refractivity contribution in [3.8, 4) is 11.3 Å². The second-order valence-corrected chi connectivity index (χ2v) is 10.8. The van der Waals surface area contributed by atoms with E-state index >= 15 is 0 Å². The molecule has 4 heterocycles. The van der Waals surface area contributed by atoms with Crippen LogP contribution >= 0.6 is 0 Å². The Morgan fingerprint density at radius 2 is 1.67 bits per heavy atom. The lowest BCUT2D eigenvalue weighted by Crippen LogP contribution is -2.30. The van der Waals surface area contributed by atoms with Gasteiger partial charge in [-0.2, -0.15) is 0 Å². The highest BCUT2D eigenvalue weighted by atomic mass is 19.1. The first kappa shape index (κ1) is 35.8. The molecule has 0 aliphatic carbocycles. The van der Waals surface area contributed by atoms with Gasteiger partial charge < -0.3 is 14.8 Å². The molecule has 0 saturated carbocycles. The second-order valence-electron chi connectivity index (χ2n) is 10.8. The average Bonchev–Trinajstić information content (AvgIpc) is 3.73. The van der Waals surface area contributed by atoms with Gasteiger partial charge in [-0.05, 0) is 75.2 Å². The summed E-state index contributed by atoms with van der Waals surface area (Å²) in [6.07, 6.45) is 5.60. The van der Waals surface area contributed by atoms with Crippen LogP contribution in [0.1, 0.15) is 61.6 Å². The number of nitrogens with one attached hydrogen (secondary N) is 1. The summed E-state index contributed by atoms with van der Waals surface area (Å²) in [6, 6.07) is 24.1. The number of benzene rings is 2. The molecule has 0 amide bonds. The molecule has 46 heavy (non-hydrogen) atoms. The molecule has 3 aromatic heterocycles. The number of aromatic nitrogens is 4. The first-order valence-electron chi connectivity index (χ1n) is 16.0. The summed E-state index contributed by atoms with van der Waals surface area (Å²) in [6.45, 7) is 12.8. The molecular formula is C37H47FN6O2. The van der Waals surface area contributed by atoms with Gasteiger partial charge in [0.15, 0.2) is 11.9 Å².